The maximum Gasteiger partial charge on any atom is 0.244 e. The van der Waals surface area contributed by atoms with Crippen LogP contribution in [0.4, 0.5) is 0 Å². The van der Waals surface area contributed by atoms with E-state index >= 15 is 0 Å². The molecule has 0 saturated carbocycles. The van der Waals surface area contributed by atoms with E-state index in [1.54, 1.807) is 0 Å². The minimum atomic E-state index is -2.18. The molecule has 4 rings (SSSR count). The summed E-state index contributed by atoms with van der Waals surface area (Å²) in [5.74, 6) is 5.90. The summed E-state index contributed by atoms with van der Waals surface area (Å²) < 4.78 is 0. The molecule has 0 heterocycles. The fourth-order valence-electron chi connectivity index (χ4n) is 3.69. The van der Waals surface area contributed by atoms with E-state index in [-0.39, 0.29) is 5.78 Å². The van der Waals surface area contributed by atoms with Crippen LogP contribution in [-0.4, -0.2) is 11.9 Å². The molecule has 0 aromatic heterocycles. The molecule has 4 aromatic rings. The molecule has 0 amide bonds. The third-order valence-electron chi connectivity index (χ3n) is 5.09. The lowest BCUT2D eigenvalue weighted by Crippen LogP contribution is -2.35. The van der Waals surface area contributed by atoms with E-state index in [1.165, 1.54) is 15.9 Å². The maximum absolute atomic E-state index is 13.2. The van der Waals surface area contributed by atoms with E-state index in [1.807, 2.05) is 48.5 Å². The summed E-state index contributed by atoms with van der Waals surface area (Å²) in [5.41, 5.74) is 0.855. The summed E-state index contributed by atoms with van der Waals surface area (Å²) in [7, 11) is -2.18. The molecular weight excluding hydrogens is 383 g/mol. The molecule has 144 valence electrons. The Morgan fingerprint density at radius 2 is 0.933 bits per heavy atom. The molecule has 0 saturated heterocycles. The standard InChI is InChI=1S/C28H22OP/c29-25(22-21-24-13-5-1-6-14-24)23-30(26-15-7-2-8-16-26,27-17-9-3-10-18-27)28-19-11-4-12-20-28/h1-20H,23H2/q+1. The number of carbonyl (C=O) groups excluding carboxylic acids is 1. The Morgan fingerprint density at radius 3 is 1.33 bits per heavy atom. The van der Waals surface area contributed by atoms with Gasteiger partial charge in [-0.2, -0.15) is 0 Å². The molecule has 0 spiro atoms. The molecule has 4 aromatic carbocycles. The first-order chi connectivity index (χ1) is 14.8. The van der Waals surface area contributed by atoms with Gasteiger partial charge in [0.1, 0.15) is 29.3 Å². The molecule has 0 N–H and O–H groups in total. The molecule has 0 radical (unpaired) electrons. The molecule has 1 nitrogen and oxygen atoms in total. The Morgan fingerprint density at radius 1 is 0.567 bits per heavy atom. The van der Waals surface area contributed by atoms with Crippen LogP contribution >= 0.6 is 7.26 Å². The van der Waals surface area contributed by atoms with Crippen molar-refractivity contribution in [1.82, 2.24) is 0 Å². The van der Waals surface area contributed by atoms with Crippen molar-refractivity contribution in [3.8, 4) is 11.8 Å². The predicted octanol–water partition coefficient (Wildman–Crippen LogP) is 4.60. The number of hydrogen-bond acceptors (Lipinski definition) is 1. The van der Waals surface area contributed by atoms with Crippen molar-refractivity contribution in [2.24, 2.45) is 0 Å². The highest BCUT2D eigenvalue weighted by atomic mass is 31.2. The highest BCUT2D eigenvalue weighted by Gasteiger charge is 2.46. The van der Waals surface area contributed by atoms with Crippen molar-refractivity contribution >= 4 is 29.0 Å². The number of hydrogen-bond donors (Lipinski definition) is 0. The smallest absolute Gasteiger partial charge is 0.244 e. The Labute approximate surface area is 178 Å². The van der Waals surface area contributed by atoms with Crippen LogP contribution in [0.5, 0.6) is 0 Å². The Balaban J connectivity index is 1.85. The minimum absolute atomic E-state index is 0.0382. The van der Waals surface area contributed by atoms with Crippen molar-refractivity contribution in [1.29, 1.82) is 0 Å². The van der Waals surface area contributed by atoms with Crippen LogP contribution in [0.3, 0.4) is 0 Å². The molecular formula is C28H22OP+. The first kappa shape index (κ1) is 19.8. The van der Waals surface area contributed by atoms with E-state index < -0.39 is 7.26 Å². The first-order valence-electron chi connectivity index (χ1n) is 9.94. The molecule has 2 heteroatoms. The first-order valence-corrected chi connectivity index (χ1v) is 11.9. The van der Waals surface area contributed by atoms with Crippen LogP contribution in [0, 0.1) is 11.8 Å². The van der Waals surface area contributed by atoms with E-state index in [9.17, 15) is 4.79 Å². The fourth-order valence-corrected chi connectivity index (χ4v) is 7.68. The molecule has 0 bridgehead atoms. The van der Waals surface area contributed by atoms with Gasteiger partial charge < -0.3 is 0 Å². The van der Waals surface area contributed by atoms with Crippen molar-refractivity contribution in [3.63, 3.8) is 0 Å². The molecule has 0 aliphatic rings. The van der Waals surface area contributed by atoms with E-state index in [0.717, 1.165) is 5.56 Å². The molecule has 0 aliphatic carbocycles. The Bertz CT molecular complexity index is 1060. The second kappa shape index (κ2) is 9.36. The van der Waals surface area contributed by atoms with Crippen molar-refractivity contribution in [2.75, 3.05) is 6.16 Å². The third kappa shape index (κ3) is 4.25. The van der Waals surface area contributed by atoms with Crippen LogP contribution in [0.2, 0.25) is 0 Å². The van der Waals surface area contributed by atoms with Crippen LogP contribution in [-0.2, 0) is 4.79 Å². The van der Waals surface area contributed by atoms with Crippen LogP contribution in [0.15, 0.2) is 121 Å². The minimum Gasteiger partial charge on any atom is -0.281 e. The van der Waals surface area contributed by atoms with Gasteiger partial charge in [-0.1, -0.05) is 78.7 Å². The zero-order valence-corrected chi connectivity index (χ0v) is 17.5. The van der Waals surface area contributed by atoms with Crippen LogP contribution < -0.4 is 15.9 Å². The zero-order chi connectivity index (χ0) is 20.7. The Kier molecular flexibility index (Phi) is 6.19. The van der Waals surface area contributed by atoms with Crippen molar-refractivity contribution in [3.05, 3.63) is 127 Å². The molecule has 30 heavy (non-hydrogen) atoms. The van der Waals surface area contributed by atoms with Gasteiger partial charge in [0.25, 0.3) is 0 Å². The quantitative estimate of drug-likeness (QED) is 0.350. The monoisotopic (exact) mass is 405 g/mol. The van der Waals surface area contributed by atoms with Crippen LogP contribution in [0.25, 0.3) is 0 Å². The predicted molar refractivity (Wildman–Crippen MR) is 128 cm³/mol. The zero-order valence-electron chi connectivity index (χ0n) is 16.6. The number of rotatable bonds is 5. The Hall–Kier alpha value is -3.46. The summed E-state index contributed by atoms with van der Waals surface area (Å²) in [5, 5.41) is 3.58. The number of ketones is 1. The lowest BCUT2D eigenvalue weighted by molar-refractivity contribution is -0.111. The molecule has 0 fully saturated rings. The number of carbonyl (C=O) groups is 1. The summed E-state index contributed by atoms with van der Waals surface area (Å²) in [6.07, 6.45) is 0.380. The van der Waals surface area contributed by atoms with Crippen molar-refractivity contribution in [2.45, 2.75) is 0 Å². The topological polar surface area (TPSA) is 17.1 Å². The normalized spacial score (nSPS) is 10.7. The maximum atomic E-state index is 13.2. The lowest BCUT2D eigenvalue weighted by Gasteiger charge is -2.26. The summed E-state index contributed by atoms with van der Waals surface area (Å²) >= 11 is 0. The summed E-state index contributed by atoms with van der Waals surface area (Å²) in [6.45, 7) is 0. The highest BCUT2D eigenvalue weighted by molar-refractivity contribution is 7.96. The fraction of sp³-hybridized carbons (Fsp3) is 0.0357. The van der Waals surface area contributed by atoms with E-state index in [0.29, 0.717) is 6.16 Å². The SMILES string of the molecule is O=C(C#Cc1ccccc1)C[P+](c1ccccc1)(c1ccccc1)c1ccccc1. The second-order valence-electron chi connectivity index (χ2n) is 7.01. The van der Waals surface area contributed by atoms with Gasteiger partial charge in [0.05, 0.1) is 0 Å². The van der Waals surface area contributed by atoms with Gasteiger partial charge in [-0.15, -0.1) is 0 Å². The van der Waals surface area contributed by atoms with Crippen LogP contribution in [0.1, 0.15) is 5.56 Å². The van der Waals surface area contributed by atoms with Gasteiger partial charge in [-0.05, 0) is 54.5 Å². The summed E-state index contributed by atoms with van der Waals surface area (Å²) in [6, 6.07) is 40.9. The number of Topliss-reactive ketones (excluding diaryl/α,β-unsaturated/α-hetero) is 1. The van der Waals surface area contributed by atoms with Gasteiger partial charge in [-0.25, -0.2) is 0 Å². The van der Waals surface area contributed by atoms with Gasteiger partial charge in [-0.3, -0.25) is 4.79 Å². The third-order valence-corrected chi connectivity index (χ3v) is 9.39. The lowest BCUT2D eigenvalue weighted by atomic mass is 10.2. The highest BCUT2D eigenvalue weighted by Crippen LogP contribution is 2.55. The van der Waals surface area contributed by atoms with Gasteiger partial charge >= 0.3 is 0 Å². The van der Waals surface area contributed by atoms with Gasteiger partial charge in [0, 0.05) is 5.56 Å². The molecule has 0 atom stereocenters. The second-order valence-corrected chi connectivity index (χ2v) is 10.5. The number of benzene rings is 4. The van der Waals surface area contributed by atoms with E-state index in [4.69, 9.17) is 0 Å². The van der Waals surface area contributed by atoms with E-state index in [2.05, 4.69) is 84.6 Å². The summed E-state index contributed by atoms with van der Waals surface area (Å²) in [4.78, 5) is 13.2. The molecule has 0 unspecified atom stereocenters. The largest absolute Gasteiger partial charge is 0.281 e. The molecule has 0 aliphatic heterocycles. The van der Waals surface area contributed by atoms with Gasteiger partial charge in [0.2, 0.25) is 5.78 Å². The van der Waals surface area contributed by atoms with Gasteiger partial charge in [0.15, 0.2) is 0 Å². The average Bonchev–Trinajstić information content (AvgIpc) is 2.83. The van der Waals surface area contributed by atoms with Crippen molar-refractivity contribution < 1.29 is 4.79 Å². The average molecular weight is 405 g/mol.